The number of carbonyl (C=O) groups excluding carboxylic acids is 1. The summed E-state index contributed by atoms with van der Waals surface area (Å²) in [6, 6.07) is 7.80. The second-order valence-electron chi connectivity index (χ2n) is 7.57. The summed E-state index contributed by atoms with van der Waals surface area (Å²) >= 11 is 0. The highest BCUT2D eigenvalue weighted by atomic mass is 16.1. The average molecular weight is 372 g/mol. The van der Waals surface area contributed by atoms with Crippen LogP contribution in [-0.2, 0) is 10.2 Å². The zero-order valence-electron chi connectivity index (χ0n) is 15.8. The Balaban J connectivity index is 1.60. The van der Waals surface area contributed by atoms with E-state index in [0.717, 1.165) is 42.1 Å². The molecule has 0 saturated heterocycles. The Morgan fingerprint density at radius 3 is 2.79 bits per heavy atom. The number of hydrogen-bond donors (Lipinski definition) is 1. The van der Waals surface area contributed by atoms with Gasteiger partial charge in [0.15, 0.2) is 5.82 Å². The summed E-state index contributed by atoms with van der Waals surface area (Å²) < 4.78 is 0. The first-order valence-corrected chi connectivity index (χ1v) is 9.36. The van der Waals surface area contributed by atoms with Crippen LogP contribution in [0.4, 0.5) is 17.3 Å². The van der Waals surface area contributed by atoms with Crippen molar-refractivity contribution in [2.24, 2.45) is 0 Å². The molecule has 0 unspecified atom stereocenters. The van der Waals surface area contributed by atoms with Gasteiger partial charge in [0.2, 0.25) is 5.91 Å². The summed E-state index contributed by atoms with van der Waals surface area (Å²) in [5.74, 6) is 1.95. The number of aromatic nitrogens is 4. The lowest BCUT2D eigenvalue weighted by molar-refractivity contribution is -0.114. The number of pyridine rings is 2. The van der Waals surface area contributed by atoms with Crippen LogP contribution in [0.1, 0.15) is 31.0 Å². The van der Waals surface area contributed by atoms with Crippen LogP contribution in [0.5, 0.6) is 0 Å². The number of hydrogen-bond acceptors (Lipinski definition) is 6. The van der Waals surface area contributed by atoms with Crippen molar-refractivity contribution in [2.75, 3.05) is 16.8 Å². The highest BCUT2D eigenvalue weighted by Crippen LogP contribution is 2.58. The lowest BCUT2D eigenvalue weighted by atomic mass is 10.0. The molecule has 0 bridgehead atoms. The van der Waals surface area contributed by atoms with Gasteiger partial charge in [0.25, 0.3) is 0 Å². The molecule has 7 nitrogen and oxygen atoms in total. The Kier molecular flexibility index (Phi) is 3.65. The first-order valence-electron chi connectivity index (χ1n) is 9.36. The average Bonchev–Trinajstić information content (AvgIpc) is 3.39. The second-order valence-corrected chi connectivity index (χ2v) is 7.57. The third-order valence-corrected chi connectivity index (χ3v) is 5.40. The van der Waals surface area contributed by atoms with Crippen molar-refractivity contribution in [3.05, 3.63) is 54.1 Å². The van der Waals surface area contributed by atoms with Crippen LogP contribution in [0, 0.1) is 6.92 Å². The molecular formula is C21H20N6O. The summed E-state index contributed by atoms with van der Waals surface area (Å²) in [6.45, 7) is 4.34. The number of nitrogens with zero attached hydrogens (tertiary/aromatic N) is 5. The molecule has 3 aromatic rings. The van der Waals surface area contributed by atoms with Crippen molar-refractivity contribution in [3.63, 3.8) is 0 Å². The first-order chi connectivity index (χ1) is 13.5. The first kappa shape index (κ1) is 16.8. The molecule has 0 atom stereocenters. The van der Waals surface area contributed by atoms with Crippen LogP contribution in [0.3, 0.4) is 0 Å². The number of nitrogens with one attached hydrogen (secondary N) is 1. The summed E-state index contributed by atoms with van der Waals surface area (Å²) in [5.41, 5.74) is 4.25. The largest absolute Gasteiger partial charge is 0.325 e. The van der Waals surface area contributed by atoms with E-state index in [4.69, 9.17) is 4.98 Å². The van der Waals surface area contributed by atoms with Gasteiger partial charge in [0.1, 0.15) is 11.6 Å². The standard InChI is InChI=1S/C21H20N6O/c1-13-8-19(26-20(24-13)15-4-3-7-22-10-15)27-12-21(5-6-21)16-11-23-18(9-17(16)27)25-14(2)28/h3-4,7-11H,5-6,12H2,1-2H3,(H,23,25,28). The smallest absolute Gasteiger partial charge is 0.222 e. The fourth-order valence-electron chi connectivity index (χ4n) is 3.90. The molecule has 5 rings (SSSR count). The zero-order valence-corrected chi connectivity index (χ0v) is 15.8. The van der Waals surface area contributed by atoms with E-state index in [0.29, 0.717) is 11.6 Å². The highest BCUT2D eigenvalue weighted by molar-refractivity contribution is 5.89. The van der Waals surface area contributed by atoms with Gasteiger partial charge in [-0.1, -0.05) is 0 Å². The Morgan fingerprint density at radius 2 is 2.07 bits per heavy atom. The third kappa shape index (κ3) is 2.79. The molecule has 1 amide bonds. The zero-order chi connectivity index (χ0) is 19.3. The molecule has 1 spiro atoms. The van der Waals surface area contributed by atoms with E-state index in [2.05, 4.69) is 25.2 Å². The SMILES string of the molecule is CC(=O)Nc1cc2c(cn1)C1(CC1)CN2c1cc(C)nc(-c2cccnc2)n1. The molecule has 28 heavy (non-hydrogen) atoms. The molecule has 140 valence electrons. The Labute approximate surface area is 162 Å². The maximum atomic E-state index is 11.5. The number of anilines is 3. The Hall–Kier alpha value is -3.35. The minimum Gasteiger partial charge on any atom is -0.325 e. The van der Waals surface area contributed by atoms with E-state index in [1.165, 1.54) is 12.5 Å². The number of amides is 1. The van der Waals surface area contributed by atoms with Gasteiger partial charge in [0, 0.05) is 66.4 Å². The van der Waals surface area contributed by atoms with Gasteiger partial charge >= 0.3 is 0 Å². The minimum atomic E-state index is -0.130. The summed E-state index contributed by atoms with van der Waals surface area (Å²) in [7, 11) is 0. The predicted molar refractivity (Wildman–Crippen MR) is 106 cm³/mol. The normalized spacial score (nSPS) is 16.1. The lowest BCUT2D eigenvalue weighted by Crippen LogP contribution is -2.20. The molecular weight excluding hydrogens is 352 g/mol. The van der Waals surface area contributed by atoms with Gasteiger partial charge in [-0.05, 0) is 31.9 Å². The molecule has 0 radical (unpaired) electrons. The van der Waals surface area contributed by atoms with E-state index < -0.39 is 0 Å². The molecule has 4 heterocycles. The van der Waals surface area contributed by atoms with Crippen molar-refractivity contribution in [3.8, 4) is 11.4 Å². The van der Waals surface area contributed by atoms with Crippen LogP contribution in [0.15, 0.2) is 42.9 Å². The molecule has 1 N–H and O–H groups in total. The lowest BCUT2D eigenvalue weighted by Gasteiger charge is -2.20. The van der Waals surface area contributed by atoms with Gasteiger partial charge in [-0.25, -0.2) is 15.0 Å². The number of carbonyl (C=O) groups is 1. The molecule has 0 aromatic carbocycles. The Morgan fingerprint density at radius 1 is 1.21 bits per heavy atom. The maximum absolute atomic E-state index is 11.5. The van der Waals surface area contributed by atoms with Gasteiger partial charge in [-0.2, -0.15) is 0 Å². The minimum absolute atomic E-state index is 0.130. The second kappa shape index (κ2) is 6.09. The maximum Gasteiger partial charge on any atom is 0.222 e. The number of fused-ring (bicyclic) bond motifs is 2. The van der Waals surface area contributed by atoms with Crippen LogP contribution in [-0.4, -0.2) is 32.4 Å². The van der Waals surface area contributed by atoms with Crippen LogP contribution >= 0.6 is 0 Å². The van der Waals surface area contributed by atoms with Gasteiger partial charge in [0.05, 0.1) is 5.69 Å². The monoisotopic (exact) mass is 372 g/mol. The molecule has 2 aliphatic rings. The fraction of sp³-hybridized carbons (Fsp3) is 0.286. The number of rotatable bonds is 3. The van der Waals surface area contributed by atoms with E-state index in [-0.39, 0.29) is 11.3 Å². The van der Waals surface area contributed by atoms with Crippen molar-refractivity contribution in [2.45, 2.75) is 32.1 Å². The predicted octanol–water partition coefficient (Wildman–Crippen LogP) is 3.38. The summed E-state index contributed by atoms with van der Waals surface area (Å²) in [4.78, 5) is 31.7. The van der Waals surface area contributed by atoms with Crippen LogP contribution in [0.25, 0.3) is 11.4 Å². The van der Waals surface area contributed by atoms with Crippen LogP contribution < -0.4 is 10.2 Å². The van der Waals surface area contributed by atoms with Gasteiger partial charge < -0.3 is 10.2 Å². The van der Waals surface area contributed by atoms with Gasteiger partial charge in [-0.3, -0.25) is 9.78 Å². The van der Waals surface area contributed by atoms with Gasteiger partial charge in [-0.15, -0.1) is 0 Å². The van der Waals surface area contributed by atoms with E-state index in [1.54, 1.807) is 12.4 Å². The third-order valence-electron chi connectivity index (χ3n) is 5.40. The fourth-order valence-corrected chi connectivity index (χ4v) is 3.90. The molecule has 1 saturated carbocycles. The number of aryl methyl sites for hydroxylation is 1. The van der Waals surface area contributed by atoms with Crippen molar-refractivity contribution < 1.29 is 4.79 Å². The van der Waals surface area contributed by atoms with E-state index >= 15 is 0 Å². The molecule has 1 fully saturated rings. The molecule has 7 heteroatoms. The quantitative estimate of drug-likeness (QED) is 0.759. The topological polar surface area (TPSA) is 83.9 Å². The summed E-state index contributed by atoms with van der Waals surface area (Å²) in [6.07, 6.45) is 7.72. The molecule has 1 aliphatic heterocycles. The summed E-state index contributed by atoms with van der Waals surface area (Å²) in [5, 5.41) is 2.79. The van der Waals surface area contributed by atoms with E-state index in [9.17, 15) is 4.79 Å². The van der Waals surface area contributed by atoms with Crippen molar-refractivity contribution in [1.82, 2.24) is 19.9 Å². The van der Waals surface area contributed by atoms with Crippen LogP contribution in [0.2, 0.25) is 0 Å². The molecule has 1 aliphatic carbocycles. The van der Waals surface area contributed by atoms with Crippen molar-refractivity contribution in [1.29, 1.82) is 0 Å². The van der Waals surface area contributed by atoms with E-state index in [1.807, 2.05) is 37.4 Å². The molecule has 3 aromatic heterocycles. The van der Waals surface area contributed by atoms with Crippen molar-refractivity contribution >= 4 is 23.2 Å². The Bertz CT molecular complexity index is 1080. The highest BCUT2D eigenvalue weighted by Gasteiger charge is 2.52.